The topological polar surface area (TPSA) is 0 Å². The van der Waals surface area contributed by atoms with Gasteiger partial charge in [0, 0.05) is 0 Å². The second-order valence-electron chi connectivity index (χ2n) is 7.61. The van der Waals surface area contributed by atoms with E-state index < -0.39 is 0 Å². The molecule has 0 saturated heterocycles. The van der Waals surface area contributed by atoms with Crippen LogP contribution < -0.4 is 34.0 Å². The Kier molecular flexibility index (Phi) is 11.6. The van der Waals surface area contributed by atoms with Gasteiger partial charge in [0.2, 0.25) is 0 Å². The van der Waals surface area contributed by atoms with Crippen molar-refractivity contribution in [1.29, 1.82) is 0 Å². The summed E-state index contributed by atoms with van der Waals surface area (Å²) in [6.07, 6.45) is 18.9. The summed E-state index contributed by atoms with van der Waals surface area (Å²) in [5.74, 6) is 6.61. The van der Waals surface area contributed by atoms with Crippen molar-refractivity contribution in [1.82, 2.24) is 0 Å². The molecule has 0 amide bonds. The Bertz CT molecular complexity index is 476. The van der Waals surface area contributed by atoms with Gasteiger partial charge in [-0.3, -0.25) is 0 Å². The van der Waals surface area contributed by atoms with Crippen molar-refractivity contribution >= 4 is 0 Å². The van der Waals surface area contributed by atoms with E-state index in [-0.39, 0.29) is 60.2 Å². The Morgan fingerprint density at radius 2 is 1.12 bits per heavy atom. The first kappa shape index (κ1) is 25.5. The van der Waals surface area contributed by atoms with Gasteiger partial charge in [-0.25, -0.2) is 35.1 Å². The van der Waals surface area contributed by atoms with Gasteiger partial charge in [-0.05, 0) is 24.7 Å². The second kappa shape index (κ2) is 11.4. The smallest absolute Gasteiger partial charge is 1.00 e. The minimum absolute atomic E-state index is 0. The molecule has 0 aromatic carbocycles. The first-order valence-corrected chi connectivity index (χ1v) is 8.99. The van der Waals surface area contributed by atoms with Gasteiger partial charge >= 0.3 is 26.2 Å². The second-order valence-corrected chi connectivity index (χ2v) is 7.61. The van der Waals surface area contributed by atoms with Crippen molar-refractivity contribution in [2.45, 2.75) is 53.4 Å². The molecular weight excluding hydrogens is 515 g/mol. The molecular formula is C22H30Br2Zr. The molecule has 0 bridgehead atoms. The summed E-state index contributed by atoms with van der Waals surface area (Å²) in [6, 6.07) is 0. The van der Waals surface area contributed by atoms with E-state index >= 15 is 0 Å². The molecule has 0 radical (unpaired) electrons. The third-order valence-electron chi connectivity index (χ3n) is 6.21. The zero-order chi connectivity index (χ0) is 15.7. The average molecular weight is 546 g/mol. The Morgan fingerprint density at radius 3 is 1.44 bits per heavy atom. The fourth-order valence-corrected chi connectivity index (χ4v) is 4.48. The molecule has 4 unspecified atom stereocenters. The molecule has 4 rings (SSSR count). The van der Waals surface area contributed by atoms with E-state index in [1.807, 2.05) is 0 Å². The van der Waals surface area contributed by atoms with E-state index in [1.165, 1.54) is 25.7 Å². The molecule has 0 aromatic heterocycles. The first-order chi connectivity index (χ1) is 10.6. The van der Waals surface area contributed by atoms with Crippen LogP contribution in [0.3, 0.4) is 0 Å². The van der Waals surface area contributed by atoms with Gasteiger partial charge in [-0.15, -0.1) is 38.2 Å². The van der Waals surface area contributed by atoms with Crippen LogP contribution >= 0.6 is 0 Å². The minimum atomic E-state index is 0. The number of hydrogen-bond donors (Lipinski definition) is 0. The molecule has 2 saturated carbocycles. The summed E-state index contributed by atoms with van der Waals surface area (Å²) >= 11 is 0. The normalized spacial score (nSPS) is 31.2. The molecule has 0 spiro atoms. The number of rotatable bonds is 0. The standard InChI is InChI=1S/2C11H15.2BrH.Zr/c2*1-8-7-10-5-3-4-6-11(10)9(8)2;;;/h2*3-4,6,8,10H,5,7H2,1-2H3;2*1H;/q2*-1;;;+4/p-2. The Hall–Kier alpha value is 0.543. The third-order valence-corrected chi connectivity index (χ3v) is 6.21. The van der Waals surface area contributed by atoms with Crippen LogP contribution in [0, 0.1) is 35.5 Å². The quantitative estimate of drug-likeness (QED) is 0.383. The third kappa shape index (κ3) is 5.76. The molecule has 4 aliphatic carbocycles. The van der Waals surface area contributed by atoms with Gasteiger partial charge in [-0.1, -0.05) is 38.5 Å². The fraction of sp³-hybridized carbons (Fsp3) is 0.545. The molecule has 0 heterocycles. The maximum absolute atomic E-state index is 2.34. The van der Waals surface area contributed by atoms with Crippen molar-refractivity contribution in [3.05, 3.63) is 59.4 Å². The molecule has 136 valence electrons. The van der Waals surface area contributed by atoms with Crippen LogP contribution in [0.4, 0.5) is 0 Å². The predicted molar refractivity (Wildman–Crippen MR) is 96.1 cm³/mol. The Balaban J connectivity index is 0.000000411. The van der Waals surface area contributed by atoms with Crippen molar-refractivity contribution < 1.29 is 60.2 Å². The molecule has 0 aliphatic heterocycles. The summed E-state index contributed by atoms with van der Waals surface area (Å²) in [6.45, 7) is 9.26. The maximum atomic E-state index is 2.34. The van der Waals surface area contributed by atoms with Gasteiger partial charge in [-0.2, -0.15) is 0 Å². The van der Waals surface area contributed by atoms with Gasteiger partial charge in [0.1, 0.15) is 0 Å². The molecule has 0 aromatic rings. The monoisotopic (exact) mass is 542 g/mol. The van der Waals surface area contributed by atoms with Crippen molar-refractivity contribution in [2.24, 2.45) is 23.7 Å². The summed E-state index contributed by atoms with van der Waals surface area (Å²) < 4.78 is 0. The largest absolute Gasteiger partial charge is 4.00 e. The molecule has 3 heteroatoms. The van der Waals surface area contributed by atoms with Crippen molar-refractivity contribution in [3.8, 4) is 0 Å². The minimum Gasteiger partial charge on any atom is -1.00 e. The molecule has 4 aliphatic rings. The van der Waals surface area contributed by atoms with E-state index in [1.54, 1.807) is 23.0 Å². The van der Waals surface area contributed by atoms with Crippen LogP contribution in [-0.4, -0.2) is 0 Å². The number of hydrogen-bond acceptors (Lipinski definition) is 0. The zero-order valence-corrected chi connectivity index (χ0v) is 21.5. The summed E-state index contributed by atoms with van der Waals surface area (Å²) in [4.78, 5) is 0. The maximum Gasteiger partial charge on any atom is 4.00 e. The molecule has 0 nitrogen and oxygen atoms in total. The van der Waals surface area contributed by atoms with Crippen LogP contribution in [-0.2, 0) is 26.2 Å². The average Bonchev–Trinajstić information content (AvgIpc) is 2.98. The van der Waals surface area contributed by atoms with E-state index in [0.717, 1.165) is 23.7 Å². The predicted octanol–water partition coefficient (Wildman–Crippen LogP) is 0.252. The molecule has 0 N–H and O–H groups in total. The van der Waals surface area contributed by atoms with E-state index in [4.69, 9.17) is 0 Å². The fourth-order valence-electron chi connectivity index (χ4n) is 4.48. The Labute approximate surface area is 195 Å². The van der Waals surface area contributed by atoms with Crippen LogP contribution in [0.5, 0.6) is 0 Å². The van der Waals surface area contributed by atoms with Crippen LogP contribution in [0.25, 0.3) is 0 Å². The Morgan fingerprint density at radius 1 is 0.760 bits per heavy atom. The van der Waals surface area contributed by atoms with Crippen LogP contribution in [0.2, 0.25) is 0 Å². The van der Waals surface area contributed by atoms with Crippen LogP contribution in [0.15, 0.2) is 47.6 Å². The summed E-state index contributed by atoms with van der Waals surface area (Å²) in [7, 11) is 0. The van der Waals surface area contributed by atoms with E-state index in [2.05, 4.69) is 64.2 Å². The molecule has 4 atom stereocenters. The summed E-state index contributed by atoms with van der Waals surface area (Å²) in [5, 5.41) is 0. The number of fused-ring (bicyclic) bond motifs is 2. The molecule has 2 fully saturated rings. The van der Waals surface area contributed by atoms with Gasteiger partial charge < -0.3 is 34.0 Å². The van der Waals surface area contributed by atoms with E-state index in [9.17, 15) is 0 Å². The number of halogens is 2. The van der Waals surface area contributed by atoms with Crippen molar-refractivity contribution in [3.63, 3.8) is 0 Å². The zero-order valence-electron chi connectivity index (χ0n) is 15.9. The first-order valence-electron chi connectivity index (χ1n) is 8.99. The molecule has 25 heavy (non-hydrogen) atoms. The van der Waals surface area contributed by atoms with E-state index in [0.29, 0.717) is 0 Å². The summed E-state index contributed by atoms with van der Waals surface area (Å²) in [5.41, 5.74) is 3.25. The van der Waals surface area contributed by atoms with Gasteiger partial charge in [0.25, 0.3) is 0 Å². The van der Waals surface area contributed by atoms with Gasteiger partial charge in [0.15, 0.2) is 0 Å². The van der Waals surface area contributed by atoms with Crippen molar-refractivity contribution in [2.75, 3.05) is 0 Å². The van der Waals surface area contributed by atoms with Gasteiger partial charge in [0.05, 0.1) is 0 Å². The van der Waals surface area contributed by atoms with Crippen LogP contribution in [0.1, 0.15) is 53.4 Å². The SMILES string of the molecule is C[C-]1C2=CC=CCC2CC1C.C[C-]1C2=CC=CCC2CC1C.[Br-].[Br-].[Zr+4]. The number of allylic oxidation sites excluding steroid dienone is 8.